The van der Waals surface area contributed by atoms with E-state index >= 15 is 0 Å². The van der Waals surface area contributed by atoms with E-state index in [0.717, 1.165) is 19.4 Å². The Balaban J connectivity index is 2.18. The van der Waals surface area contributed by atoms with E-state index in [0.29, 0.717) is 11.7 Å². The smallest absolute Gasteiger partial charge is 0.147 e. The van der Waals surface area contributed by atoms with Gasteiger partial charge in [0.05, 0.1) is 12.6 Å². The standard InChI is InChI=1S/C11H19NO2/c1-8(13)11-9-5-3-4-6-10(12(11)2)14-7-9/h9-11H,3-7H2,1-2H3. The average Bonchev–Trinajstić information content (AvgIpc) is 2.06. The van der Waals surface area contributed by atoms with Gasteiger partial charge in [0.25, 0.3) is 0 Å². The van der Waals surface area contributed by atoms with Crippen LogP contribution in [0.1, 0.15) is 32.6 Å². The van der Waals surface area contributed by atoms with Crippen molar-refractivity contribution >= 4 is 5.78 Å². The lowest BCUT2D eigenvalue weighted by Crippen LogP contribution is -2.55. The summed E-state index contributed by atoms with van der Waals surface area (Å²) in [5.74, 6) is 0.724. The molecule has 0 N–H and O–H groups in total. The van der Waals surface area contributed by atoms with Crippen LogP contribution in [0.3, 0.4) is 0 Å². The van der Waals surface area contributed by atoms with Gasteiger partial charge >= 0.3 is 0 Å². The molecule has 3 atom stereocenters. The van der Waals surface area contributed by atoms with Crippen molar-refractivity contribution in [3.63, 3.8) is 0 Å². The van der Waals surface area contributed by atoms with Crippen molar-refractivity contribution in [1.82, 2.24) is 4.90 Å². The van der Waals surface area contributed by atoms with Gasteiger partial charge < -0.3 is 4.74 Å². The molecule has 0 aromatic rings. The number of carbonyl (C=O) groups excluding carboxylic acids is 1. The number of ether oxygens (including phenoxy) is 1. The van der Waals surface area contributed by atoms with Gasteiger partial charge in [-0.2, -0.15) is 0 Å². The van der Waals surface area contributed by atoms with Gasteiger partial charge in [-0.15, -0.1) is 0 Å². The number of fused-ring (bicyclic) bond motifs is 5. The number of nitrogens with zero attached hydrogens (tertiary/aromatic N) is 1. The molecule has 0 aromatic heterocycles. The predicted molar refractivity (Wildman–Crippen MR) is 53.9 cm³/mol. The van der Waals surface area contributed by atoms with E-state index in [1.165, 1.54) is 12.8 Å². The first-order valence-corrected chi connectivity index (χ1v) is 5.54. The fourth-order valence-corrected chi connectivity index (χ4v) is 2.83. The second kappa shape index (κ2) is 3.99. The maximum Gasteiger partial charge on any atom is 0.147 e. The lowest BCUT2D eigenvalue weighted by atomic mass is 9.86. The van der Waals surface area contributed by atoms with Crippen molar-refractivity contribution in [3.05, 3.63) is 0 Å². The Morgan fingerprint density at radius 2 is 2.07 bits per heavy atom. The van der Waals surface area contributed by atoms with E-state index in [-0.39, 0.29) is 12.3 Å². The molecule has 3 fully saturated rings. The summed E-state index contributed by atoms with van der Waals surface area (Å²) >= 11 is 0. The minimum atomic E-state index is 0.106. The van der Waals surface area contributed by atoms with Crippen LogP contribution in [-0.2, 0) is 9.53 Å². The summed E-state index contributed by atoms with van der Waals surface area (Å²) in [6.07, 6.45) is 4.88. The highest BCUT2D eigenvalue weighted by Gasteiger charge is 2.39. The predicted octanol–water partition coefficient (Wildman–Crippen LogP) is 1.42. The molecule has 0 amide bonds. The first-order valence-electron chi connectivity index (χ1n) is 5.54. The van der Waals surface area contributed by atoms with Crippen molar-refractivity contribution in [2.45, 2.75) is 44.9 Å². The third-order valence-corrected chi connectivity index (χ3v) is 3.53. The average molecular weight is 197 g/mol. The van der Waals surface area contributed by atoms with Gasteiger partial charge in [0.1, 0.15) is 12.0 Å². The second-order valence-corrected chi connectivity index (χ2v) is 4.55. The van der Waals surface area contributed by atoms with Crippen LogP contribution < -0.4 is 0 Å². The summed E-state index contributed by atoms with van der Waals surface area (Å²) in [4.78, 5) is 13.7. The van der Waals surface area contributed by atoms with Gasteiger partial charge in [-0.25, -0.2) is 0 Å². The van der Waals surface area contributed by atoms with Crippen molar-refractivity contribution < 1.29 is 9.53 Å². The third kappa shape index (κ3) is 1.71. The SMILES string of the molecule is CC(=O)C1C2CCCCC(OC2)N1C. The Kier molecular flexibility index (Phi) is 2.88. The zero-order valence-electron chi connectivity index (χ0n) is 9.03. The van der Waals surface area contributed by atoms with Gasteiger partial charge in [0.2, 0.25) is 0 Å². The fourth-order valence-electron chi connectivity index (χ4n) is 2.83. The zero-order valence-corrected chi connectivity index (χ0v) is 9.03. The minimum absolute atomic E-state index is 0.106. The number of rotatable bonds is 1. The molecule has 80 valence electrons. The van der Waals surface area contributed by atoms with Crippen molar-refractivity contribution in [2.24, 2.45) is 5.92 Å². The van der Waals surface area contributed by atoms with Crippen LogP contribution in [-0.4, -0.2) is 36.6 Å². The molecule has 2 bridgehead atoms. The molecule has 3 heteroatoms. The lowest BCUT2D eigenvalue weighted by Gasteiger charge is -2.45. The number of carbonyl (C=O) groups is 1. The molecule has 0 saturated carbocycles. The first kappa shape index (κ1) is 10.1. The molecule has 3 aliphatic heterocycles. The van der Waals surface area contributed by atoms with Crippen LogP contribution >= 0.6 is 0 Å². The molecule has 3 nitrogen and oxygen atoms in total. The van der Waals surface area contributed by atoms with Crippen LogP contribution in [0.15, 0.2) is 0 Å². The maximum atomic E-state index is 11.6. The van der Waals surface area contributed by atoms with E-state index in [4.69, 9.17) is 4.74 Å². The lowest BCUT2D eigenvalue weighted by molar-refractivity contribution is -0.164. The van der Waals surface area contributed by atoms with Gasteiger partial charge in [0, 0.05) is 5.92 Å². The monoisotopic (exact) mass is 197 g/mol. The molecule has 14 heavy (non-hydrogen) atoms. The van der Waals surface area contributed by atoms with Crippen molar-refractivity contribution in [3.8, 4) is 0 Å². The van der Waals surface area contributed by atoms with Crippen LogP contribution in [0.25, 0.3) is 0 Å². The summed E-state index contributed by atoms with van der Waals surface area (Å²) in [6.45, 7) is 2.48. The molecule has 3 heterocycles. The Morgan fingerprint density at radius 3 is 2.79 bits per heavy atom. The largest absolute Gasteiger partial charge is 0.363 e. The molecular weight excluding hydrogens is 178 g/mol. The molecule has 3 rings (SSSR count). The quantitative estimate of drug-likeness (QED) is 0.636. The minimum Gasteiger partial charge on any atom is -0.363 e. The first-order chi connectivity index (χ1) is 6.70. The van der Waals surface area contributed by atoms with Crippen LogP contribution in [0.5, 0.6) is 0 Å². The van der Waals surface area contributed by atoms with Gasteiger partial charge in [-0.1, -0.05) is 6.42 Å². The number of hydrogen-bond acceptors (Lipinski definition) is 3. The molecule has 3 saturated heterocycles. The molecule has 3 aliphatic rings. The van der Waals surface area contributed by atoms with E-state index in [1.807, 2.05) is 7.05 Å². The molecule has 0 aliphatic carbocycles. The number of hydrogen-bond donors (Lipinski definition) is 0. The highest BCUT2D eigenvalue weighted by atomic mass is 16.5. The molecule has 0 radical (unpaired) electrons. The highest BCUT2D eigenvalue weighted by Crippen LogP contribution is 2.31. The van der Waals surface area contributed by atoms with Crippen LogP contribution in [0, 0.1) is 5.92 Å². The van der Waals surface area contributed by atoms with Crippen LogP contribution in [0.2, 0.25) is 0 Å². The van der Waals surface area contributed by atoms with E-state index in [9.17, 15) is 4.79 Å². The molecule has 3 unspecified atom stereocenters. The van der Waals surface area contributed by atoms with Gasteiger partial charge in [-0.3, -0.25) is 9.69 Å². The van der Waals surface area contributed by atoms with Gasteiger partial charge in [0.15, 0.2) is 0 Å². The Hall–Kier alpha value is -0.410. The Bertz CT molecular complexity index is 223. The normalized spacial score (nSPS) is 39.1. The van der Waals surface area contributed by atoms with Crippen molar-refractivity contribution in [2.75, 3.05) is 13.7 Å². The fraction of sp³-hybridized carbons (Fsp3) is 0.909. The summed E-state index contributed by atoms with van der Waals surface area (Å²) in [5.41, 5.74) is 0. The number of Topliss-reactive ketones (excluding diaryl/α,β-unsaturated/α-hetero) is 1. The summed E-state index contributed by atoms with van der Waals surface area (Å²) < 4.78 is 5.75. The van der Waals surface area contributed by atoms with Crippen molar-refractivity contribution in [1.29, 1.82) is 0 Å². The maximum absolute atomic E-state index is 11.6. The zero-order chi connectivity index (χ0) is 10.1. The summed E-state index contributed by atoms with van der Waals surface area (Å²) in [6, 6.07) is 0.106. The number of ketones is 1. The topological polar surface area (TPSA) is 29.5 Å². The Morgan fingerprint density at radius 1 is 1.36 bits per heavy atom. The molecule has 0 aromatic carbocycles. The van der Waals surface area contributed by atoms with E-state index in [2.05, 4.69) is 4.90 Å². The van der Waals surface area contributed by atoms with Crippen LogP contribution in [0.4, 0.5) is 0 Å². The summed E-state index contributed by atoms with van der Waals surface area (Å²) in [5, 5.41) is 0. The Labute approximate surface area is 85.4 Å². The number of likely N-dealkylation sites (N-methyl/N-ethyl adjacent to an activating group) is 1. The van der Waals surface area contributed by atoms with E-state index < -0.39 is 0 Å². The highest BCUT2D eigenvalue weighted by molar-refractivity contribution is 5.81. The summed E-state index contributed by atoms with van der Waals surface area (Å²) in [7, 11) is 2.02. The molecular formula is C11H19NO2. The van der Waals surface area contributed by atoms with Gasteiger partial charge in [-0.05, 0) is 33.2 Å². The molecule has 0 spiro atoms. The second-order valence-electron chi connectivity index (χ2n) is 4.55. The van der Waals surface area contributed by atoms with E-state index in [1.54, 1.807) is 6.92 Å². The third-order valence-electron chi connectivity index (χ3n) is 3.53.